The van der Waals surface area contributed by atoms with Crippen LogP contribution in [0.15, 0.2) is 41.2 Å². The van der Waals surface area contributed by atoms with Crippen molar-refractivity contribution < 1.29 is 22.7 Å². The molecule has 2 heterocycles. The molecule has 1 aliphatic heterocycles. The maximum atomic E-state index is 14.7. The second kappa shape index (κ2) is 9.57. The zero-order chi connectivity index (χ0) is 25.4. The molecule has 2 fully saturated rings. The van der Waals surface area contributed by atoms with Crippen molar-refractivity contribution >= 4 is 16.7 Å². The van der Waals surface area contributed by atoms with E-state index >= 15 is 0 Å². The topological polar surface area (TPSA) is 78.5 Å². The van der Waals surface area contributed by atoms with Crippen LogP contribution in [0.4, 0.5) is 13.2 Å². The molecule has 1 aliphatic carbocycles. The highest BCUT2D eigenvalue weighted by atomic mass is 19.3. The number of carbonyl (C=O) groups is 1. The lowest BCUT2D eigenvalue weighted by Crippen LogP contribution is -2.41. The predicted molar refractivity (Wildman–Crippen MR) is 128 cm³/mol. The van der Waals surface area contributed by atoms with Gasteiger partial charge >= 0.3 is 0 Å². The first-order chi connectivity index (χ1) is 17.2. The lowest BCUT2D eigenvalue weighted by Gasteiger charge is -2.26. The normalized spacial score (nSPS) is 18.6. The molecule has 0 atom stereocenters. The fourth-order valence-electron chi connectivity index (χ4n) is 4.64. The molecule has 1 saturated carbocycles. The number of rotatable bonds is 5. The van der Waals surface area contributed by atoms with Crippen LogP contribution < -0.4 is 10.3 Å². The van der Waals surface area contributed by atoms with Crippen LogP contribution in [0.1, 0.15) is 40.9 Å². The van der Waals surface area contributed by atoms with Gasteiger partial charge in [0.2, 0.25) is 0 Å². The number of halogens is 3. The van der Waals surface area contributed by atoms with Crippen molar-refractivity contribution in [3.8, 4) is 5.75 Å². The van der Waals surface area contributed by atoms with E-state index in [9.17, 15) is 22.8 Å². The maximum absolute atomic E-state index is 14.7. The van der Waals surface area contributed by atoms with Crippen LogP contribution in [0.3, 0.4) is 0 Å². The molecule has 190 valence electrons. The second-order valence-corrected chi connectivity index (χ2v) is 9.69. The highest BCUT2D eigenvalue weighted by Gasteiger charge is 2.38. The first-order valence-electron chi connectivity index (χ1n) is 12.0. The average molecular weight is 501 g/mol. The van der Waals surface area contributed by atoms with Crippen LogP contribution in [0.25, 0.3) is 10.8 Å². The van der Waals surface area contributed by atoms with E-state index in [0.717, 1.165) is 30.2 Å². The van der Waals surface area contributed by atoms with E-state index in [1.54, 1.807) is 25.2 Å². The summed E-state index contributed by atoms with van der Waals surface area (Å²) in [5, 5.41) is 7.72. The number of aromatic nitrogens is 2. The number of nitrogens with one attached hydrogen (secondary N) is 1. The Morgan fingerprint density at radius 2 is 1.94 bits per heavy atom. The summed E-state index contributed by atoms with van der Waals surface area (Å²) < 4.78 is 49.1. The Bertz CT molecular complexity index is 1360. The quantitative estimate of drug-likeness (QED) is 0.579. The number of aromatic amines is 1. The standard InChI is InChI=1S/C26H27F3N4O3/c1-32-9-10-33(15-26(28,29)14-32)25(35)21-11-16(5-8-22(21)27)12-23-20-13-18(36-17-3-2-4-17)6-7-19(20)24(34)31-30-23/h5-8,11,13,17H,2-4,9-10,12,14-15H2,1H3,(H,31,34). The summed E-state index contributed by atoms with van der Waals surface area (Å²) in [5.41, 5.74) is 0.475. The zero-order valence-electron chi connectivity index (χ0n) is 19.9. The number of carbonyl (C=O) groups excluding carboxylic acids is 1. The number of fused-ring (bicyclic) bond motifs is 1. The Morgan fingerprint density at radius 3 is 2.69 bits per heavy atom. The number of hydrogen-bond donors (Lipinski definition) is 1. The predicted octanol–water partition coefficient (Wildman–Crippen LogP) is 3.61. The summed E-state index contributed by atoms with van der Waals surface area (Å²) in [7, 11) is 1.56. The van der Waals surface area contributed by atoms with Crippen LogP contribution >= 0.6 is 0 Å². The molecule has 7 nitrogen and oxygen atoms in total. The Balaban J connectivity index is 1.43. The monoisotopic (exact) mass is 500 g/mol. The molecule has 1 saturated heterocycles. The van der Waals surface area contributed by atoms with Crippen molar-refractivity contribution in [2.45, 2.75) is 37.7 Å². The molecule has 0 radical (unpaired) electrons. The molecular formula is C26H27F3N4O3. The molecule has 1 N–H and O–H groups in total. The molecule has 3 aromatic rings. The first-order valence-corrected chi connectivity index (χ1v) is 12.0. The van der Waals surface area contributed by atoms with Gasteiger partial charge < -0.3 is 9.64 Å². The highest BCUT2D eigenvalue weighted by molar-refractivity contribution is 5.95. The Morgan fingerprint density at radius 1 is 1.14 bits per heavy atom. The number of nitrogens with zero attached hydrogens (tertiary/aromatic N) is 3. The van der Waals surface area contributed by atoms with E-state index in [0.29, 0.717) is 27.8 Å². The van der Waals surface area contributed by atoms with Gasteiger partial charge in [-0.05, 0) is 62.2 Å². The van der Waals surface area contributed by atoms with Gasteiger partial charge in [0, 0.05) is 24.9 Å². The van der Waals surface area contributed by atoms with E-state index < -0.39 is 30.7 Å². The van der Waals surface area contributed by atoms with E-state index in [-0.39, 0.29) is 36.7 Å². The van der Waals surface area contributed by atoms with Gasteiger partial charge in [-0.25, -0.2) is 18.3 Å². The van der Waals surface area contributed by atoms with Crippen molar-refractivity contribution in [3.63, 3.8) is 0 Å². The van der Waals surface area contributed by atoms with Gasteiger partial charge in [0.05, 0.1) is 35.8 Å². The van der Waals surface area contributed by atoms with E-state index in [2.05, 4.69) is 10.2 Å². The molecule has 2 aliphatic rings. The van der Waals surface area contributed by atoms with Crippen LogP contribution in [-0.4, -0.2) is 71.2 Å². The van der Waals surface area contributed by atoms with E-state index in [1.165, 1.54) is 17.0 Å². The molecular weight excluding hydrogens is 473 g/mol. The SMILES string of the molecule is CN1CCN(C(=O)c2cc(Cc3n[nH]c(=O)c4ccc(OC5CCC5)cc34)ccc2F)CC(F)(F)C1. The Kier molecular flexibility index (Phi) is 6.46. The van der Waals surface area contributed by atoms with Crippen LogP contribution in [0.2, 0.25) is 0 Å². The molecule has 0 bridgehead atoms. The van der Waals surface area contributed by atoms with Gasteiger partial charge in [-0.1, -0.05) is 6.07 Å². The number of amides is 1. The van der Waals surface area contributed by atoms with Gasteiger partial charge in [-0.3, -0.25) is 14.5 Å². The smallest absolute Gasteiger partial charge is 0.277 e. The summed E-state index contributed by atoms with van der Waals surface area (Å²) in [6.07, 6.45) is 3.47. The van der Waals surface area contributed by atoms with Crippen molar-refractivity contribution in [1.82, 2.24) is 20.0 Å². The van der Waals surface area contributed by atoms with Gasteiger partial charge in [0.15, 0.2) is 0 Å². The summed E-state index contributed by atoms with van der Waals surface area (Å²) >= 11 is 0. The van der Waals surface area contributed by atoms with Gasteiger partial charge in [-0.15, -0.1) is 0 Å². The van der Waals surface area contributed by atoms with Crippen LogP contribution in [-0.2, 0) is 6.42 Å². The Hall–Kier alpha value is -3.40. The molecule has 36 heavy (non-hydrogen) atoms. The molecule has 2 aromatic carbocycles. The molecule has 0 spiro atoms. The number of benzene rings is 2. The number of likely N-dealkylation sites (N-methyl/N-ethyl adjacent to an activating group) is 1. The van der Waals surface area contributed by atoms with Gasteiger partial charge in [-0.2, -0.15) is 5.10 Å². The van der Waals surface area contributed by atoms with Crippen molar-refractivity contribution in [2.24, 2.45) is 0 Å². The molecule has 10 heteroatoms. The largest absolute Gasteiger partial charge is 0.490 e. The van der Waals surface area contributed by atoms with Crippen molar-refractivity contribution in [2.75, 3.05) is 33.2 Å². The minimum atomic E-state index is -3.09. The summed E-state index contributed by atoms with van der Waals surface area (Å²) in [4.78, 5) is 27.9. The third-order valence-corrected chi connectivity index (χ3v) is 6.79. The summed E-state index contributed by atoms with van der Waals surface area (Å²) in [5.74, 6) is -4.00. The van der Waals surface area contributed by atoms with Crippen LogP contribution in [0, 0.1) is 5.82 Å². The fraction of sp³-hybridized carbons (Fsp3) is 0.423. The summed E-state index contributed by atoms with van der Waals surface area (Å²) in [6.45, 7) is -0.891. The molecule has 0 unspecified atom stereocenters. The minimum Gasteiger partial charge on any atom is -0.490 e. The molecule has 1 aromatic heterocycles. The fourth-order valence-corrected chi connectivity index (χ4v) is 4.64. The van der Waals surface area contributed by atoms with Crippen molar-refractivity contribution in [1.29, 1.82) is 0 Å². The van der Waals surface area contributed by atoms with E-state index in [4.69, 9.17) is 4.74 Å². The minimum absolute atomic E-state index is 0.0739. The lowest BCUT2D eigenvalue weighted by molar-refractivity contribution is -0.0310. The van der Waals surface area contributed by atoms with E-state index in [1.807, 2.05) is 0 Å². The number of ether oxygens (including phenoxy) is 1. The third kappa shape index (κ3) is 5.09. The van der Waals surface area contributed by atoms with Crippen LogP contribution in [0.5, 0.6) is 5.75 Å². The number of H-pyrrole nitrogens is 1. The van der Waals surface area contributed by atoms with Gasteiger partial charge in [0.1, 0.15) is 11.6 Å². The van der Waals surface area contributed by atoms with Gasteiger partial charge in [0.25, 0.3) is 17.4 Å². The van der Waals surface area contributed by atoms with Crippen molar-refractivity contribution in [3.05, 3.63) is 69.4 Å². The number of hydrogen-bond acceptors (Lipinski definition) is 5. The summed E-state index contributed by atoms with van der Waals surface area (Å²) in [6, 6.07) is 9.26. The highest BCUT2D eigenvalue weighted by Crippen LogP contribution is 2.28. The molecule has 5 rings (SSSR count). The lowest BCUT2D eigenvalue weighted by atomic mass is 9.96. The average Bonchev–Trinajstić information content (AvgIpc) is 2.95. The Labute approximate surface area is 205 Å². The third-order valence-electron chi connectivity index (χ3n) is 6.79. The number of alkyl halides is 2. The first kappa shape index (κ1) is 24.3. The zero-order valence-corrected chi connectivity index (χ0v) is 19.9. The molecule has 1 amide bonds. The second-order valence-electron chi connectivity index (χ2n) is 9.69. The maximum Gasteiger partial charge on any atom is 0.277 e.